The minimum Gasteiger partial charge on any atom is -0.396 e. The second kappa shape index (κ2) is 5.62. The smallest absolute Gasteiger partial charge is 0.0559 e. The molecule has 2 atom stereocenters. The molecule has 1 aromatic heterocycles. The van der Waals surface area contributed by atoms with E-state index in [1.54, 1.807) is 0 Å². The molecule has 0 spiro atoms. The van der Waals surface area contributed by atoms with Crippen molar-refractivity contribution in [1.29, 1.82) is 0 Å². The lowest BCUT2D eigenvalue weighted by molar-refractivity contribution is -0.0561. The van der Waals surface area contributed by atoms with Gasteiger partial charge in [-0.15, -0.1) is 0 Å². The van der Waals surface area contributed by atoms with E-state index in [0.29, 0.717) is 12.5 Å². The Morgan fingerprint density at radius 1 is 1.35 bits per heavy atom. The van der Waals surface area contributed by atoms with Crippen LogP contribution in [0.2, 0.25) is 0 Å². The number of fused-ring (bicyclic) bond motifs is 2. The van der Waals surface area contributed by atoms with E-state index in [-0.39, 0.29) is 12.0 Å². The van der Waals surface area contributed by atoms with Crippen molar-refractivity contribution in [3.8, 4) is 0 Å². The van der Waals surface area contributed by atoms with E-state index in [0.717, 1.165) is 32.7 Å². The van der Waals surface area contributed by atoms with Gasteiger partial charge in [0.2, 0.25) is 0 Å². The minimum atomic E-state index is -0.0422. The Kier molecular flexibility index (Phi) is 3.71. The molecule has 0 saturated carbocycles. The number of aryl methyl sites for hydroxylation is 2. The number of likely N-dealkylation sites (tertiary alicyclic amines) is 1. The SMILES string of the molecule is Cc1ccc2c(c1)cc(CN1C[C@@H]3CCOC[C@]3(CO)C1)n2C. The van der Waals surface area contributed by atoms with Crippen LogP contribution >= 0.6 is 0 Å². The fourth-order valence-electron chi connectivity index (χ4n) is 4.46. The summed E-state index contributed by atoms with van der Waals surface area (Å²) in [7, 11) is 2.15. The summed E-state index contributed by atoms with van der Waals surface area (Å²) in [6.07, 6.45) is 1.07. The monoisotopic (exact) mass is 314 g/mol. The maximum atomic E-state index is 9.92. The Hall–Kier alpha value is -1.36. The zero-order valence-electron chi connectivity index (χ0n) is 14.1. The molecule has 124 valence electrons. The van der Waals surface area contributed by atoms with E-state index in [1.165, 1.54) is 22.2 Å². The Balaban J connectivity index is 1.58. The molecule has 2 aromatic rings. The average Bonchev–Trinajstić information content (AvgIpc) is 3.06. The number of rotatable bonds is 3. The number of aliphatic hydroxyl groups is 1. The first kappa shape index (κ1) is 15.2. The van der Waals surface area contributed by atoms with Gasteiger partial charge in [0.25, 0.3) is 0 Å². The molecule has 0 amide bonds. The second-order valence-electron chi connectivity index (χ2n) is 7.49. The summed E-state index contributed by atoms with van der Waals surface area (Å²) in [5, 5.41) is 11.2. The van der Waals surface area contributed by atoms with Gasteiger partial charge in [-0.05, 0) is 37.5 Å². The van der Waals surface area contributed by atoms with Gasteiger partial charge in [-0.3, -0.25) is 4.90 Å². The zero-order chi connectivity index (χ0) is 16.0. The van der Waals surface area contributed by atoms with Crippen LogP contribution in [-0.2, 0) is 18.3 Å². The van der Waals surface area contributed by atoms with Crippen molar-refractivity contribution in [3.05, 3.63) is 35.5 Å². The fraction of sp³-hybridized carbons (Fsp3) is 0.579. The molecule has 0 radical (unpaired) electrons. The molecular weight excluding hydrogens is 288 g/mol. The third-order valence-corrected chi connectivity index (χ3v) is 5.88. The predicted octanol–water partition coefficient (Wildman–Crippen LogP) is 2.32. The van der Waals surface area contributed by atoms with Gasteiger partial charge >= 0.3 is 0 Å². The number of benzene rings is 1. The van der Waals surface area contributed by atoms with Crippen LogP contribution in [0.5, 0.6) is 0 Å². The van der Waals surface area contributed by atoms with Crippen LogP contribution in [0.3, 0.4) is 0 Å². The molecule has 1 aromatic carbocycles. The highest BCUT2D eigenvalue weighted by atomic mass is 16.5. The van der Waals surface area contributed by atoms with Crippen LogP contribution in [0.1, 0.15) is 17.7 Å². The van der Waals surface area contributed by atoms with Gasteiger partial charge in [0, 0.05) is 55.3 Å². The summed E-state index contributed by atoms with van der Waals surface area (Å²) in [6, 6.07) is 8.95. The van der Waals surface area contributed by atoms with E-state index in [1.807, 2.05) is 0 Å². The lowest BCUT2D eigenvalue weighted by Crippen LogP contribution is -2.42. The van der Waals surface area contributed by atoms with Gasteiger partial charge in [0.05, 0.1) is 13.2 Å². The molecule has 0 bridgehead atoms. The van der Waals surface area contributed by atoms with Gasteiger partial charge in [-0.25, -0.2) is 0 Å². The lowest BCUT2D eigenvalue weighted by Gasteiger charge is -2.36. The first-order chi connectivity index (χ1) is 11.1. The Morgan fingerprint density at radius 3 is 3.00 bits per heavy atom. The number of nitrogens with zero attached hydrogens (tertiary/aromatic N) is 2. The first-order valence-electron chi connectivity index (χ1n) is 8.57. The van der Waals surface area contributed by atoms with Crippen molar-refractivity contribution in [2.75, 3.05) is 32.9 Å². The summed E-state index contributed by atoms with van der Waals surface area (Å²) in [5.74, 6) is 0.568. The molecule has 2 aliphatic heterocycles. The quantitative estimate of drug-likeness (QED) is 0.945. The predicted molar refractivity (Wildman–Crippen MR) is 91.4 cm³/mol. The summed E-state index contributed by atoms with van der Waals surface area (Å²) < 4.78 is 7.97. The topological polar surface area (TPSA) is 37.6 Å². The van der Waals surface area contributed by atoms with E-state index < -0.39 is 0 Å². The van der Waals surface area contributed by atoms with E-state index in [9.17, 15) is 5.11 Å². The van der Waals surface area contributed by atoms with Crippen molar-refractivity contribution < 1.29 is 9.84 Å². The van der Waals surface area contributed by atoms with Crippen LogP contribution in [0.15, 0.2) is 24.3 Å². The molecule has 4 heteroatoms. The molecule has 4 rings (SSSR count). The molecule has 2 saturated heterocycles. The minimum absolute atomic E-state index is 0.0422. The summed E-state index contributed by atoms with van der Waals surface area (Å²) in [5.41, 5.74) is 3.90. The standard InChI is InChI=1S/C19H26N2O2/c1-14-3-4-18-15(7-14)8-17(20(18)2)10-21-9-16-5-6-23-13-19(16,11-21)12-22/h3-4,7-8,16,22H,5-6,9-13H2,1-2H3/t16-,19+/m0/s1. The molecule has 1 N–H and O–H groups in total. The number of aromatic nitrogens is 1. The normalized spacial score (nSPS) is 28.4. The number of hydrogen-bond acceptors (Lipinski definition) is 3. The average molecular weight is 314 g/mol. The van der Waals surface area contributed by atoms with Gasteiger partial charge in [-0.1, -0.05) is 11.6 Å². The van der Waals surface area contributed by atoms with Crippen molar-refractivity contribution in [2.45, 2.75) is 19.9 Å². The first-order valence-corrected chi connectivity index (χ1v) is 8.57. The zero-order valence-corrected chi connectivity index (χ0v) is 14.1. The van der Waals surface area contributed by atoms with Crippen LogP contribution < -0.4 is 0 Å². The molecule has 0 aliphatic carbocycles. The largest absolute Gasteiger partial charge is 0.396 e. The highest BCUT2D eigenvalue weighted by Gasteiger charge is 2.48. The molecule has 2 fully saturated rings. The Morgan fingerprint density at radius 2 is 2.22 bits per heavy atom. The number of hydrogen-bond donors (Lipinski definition) is 1. The van der Waals surface area contributed by atoms with Crippen molar-refractivity contribution >= 4 is 10.9 Å². The number of ether oxygens (including phenoxy) is 1. The van der Waals surface area contributed by atoms with Crippen molar-refractivity contribution in [2.24, 2.45) is 18.4 Å². The summed E-state index contributed by atoms with van der Waals surface area (Å²) >= 11 is 0. The summed E-state index contributed by atoms with van der Waals surface area (Å²) in [4.78, 5) is 2.50. The third-order valence-electron chi connectivity index (χ3n) is 5.88. The Labute approximate surface area is 137 Å². The third kappa shape index (κ3) is 2.49. The van der Waals surface area contributed by atoms with Crippen molar-refractivity contribution in [3.63, 3.8) is 0 Å². The summed E-state index contributed by atoms with van der Waals surface area (Å²) in [6.45, 7) is 6.89. The maximum Gasteiger partial charge on any atom is 0.0559 e. The molecule has 4 nitrogen and oxygen atoms in total. The lowest BCUT2D eigenvalue weighted by atomic mass is 9.76. The molecule has 2 aliphatic rings. The van der Waals surface area contributed by atoms with E-state index in [4.69, 9.17) is 4.74 Å². The number of aliphatic hydroxyl groups excluding tert-OH is 1. The van der Waals surface area contributed by atoms with E-state index in [2.05, 4.69) is 47.7 Å². The maximum absolute atomic E-state index is 9.92. The van der Waals surface area contributed by atoms with Crippen LogP contribution in [0.25, 0.3) is 10.9 Å². The van der Waals surface area contributed by atoms with Gasteiger partial charge in [0.15, 0.2) is 0 Å². The van der Waals surface area contributed by atoms with Crippen LogP contribution in [0, 0.1) is 18.3 Å². The molecule has 23 heavy (non-hydrogen) atoms. The molecule has 0 unspecified atom stereocenters. The molecule has 3 heterocycles. The van der Waals surface area contributed by atoms with Crippen LogP contribution in [0.4, 0.5) is 0 Å². The highest BCUT2D eigenvalue weighted by Crippen LogP contribution is 2.41. The van der Waals surface area contributed by atoms with Gasteiger partial charge in [-0.2, -0.15) is 0 Å². The van der Waals surface area contributed by atoms with Gasteiger partial charge < -0.3 is 14.4 Å². The van der Waals surface area contributed by atoms with Crippen molar-refractivity contribution in [1.82, 2.24) is 9.47 Å². The van der Waals surface area contributed by atoms with Gasteiger partial charge in [0.1, 0.15) is 0 Å². The highest BCUT2D eigenvalue weighted by molar-refractivity contribution is 5.82. The molecular formula is C19H26N2O2. The Bertz CT molecular complexity index is 723. The fourth-order valence-corrected chi connectivity index (χ4v) is 4.46. The van der Waals surface area contributed by atoms with Crippen LogP contribution in [-0.4, -0.2) is 47.5 Å². The second-order valence-corrected chi connectivity index (χ2v) is 7.49. The van der Waals surface area contributed by atoms with E-state index >= 15 is 0 Å².